The molecular formula is C13H13NO3S2. The Morgan fingerprint density at radius 2 is 2.26 bits per heavy atom. The second-order valence-electron chi connectivity index (χ2n) is 3.66. The largest absolute Gasteiger partial charge is 0.493 e. The number of thioether (sulfide) groups is 1. The number of rotatable bonds is 4. The zero-order valence-electron chi connectivity index (χ0n) is 10.6. The Labute approximate surface area is 121 Å². The summed E-state index contributed by atoms with van der Waals surface area (Å²) >= 11 is 6.20. The van der Waals surface area contributed by atoms with Crippen LogP contribution in [0.15, 0.2) is 23.1 Å². The highest BCUT2D eigenvalue weighted by atomic mass is 32.2. The SMILES string of the molecule is CCOc1c(/C=C2/SC(=S)NC2=O)cccc1OC. The summed E-state index contributed by atoms with van der Waals surface area (Å²) in [5.41, 5.74) is 0.795. The molecule has 1 aromatic carbocycles. The van der Waals surface area contributed by atoms with Crippen molar-refractivity contribution in [3.8, 4) is 11.5 Å². The number of hydrogen-bond donors (Lipinski definition) is 1. The van der Waals surface area contributed by atoms with Crippen molar-refractivity contribution in [2.45, 2.75) is 6.92 Å². The first-order valence-electron chi connectivity index (χ1n) is 5.70. The molecule has 1 N–H and O–H groups in total. The highest BCUT2D eigenvalue weighted by Gasteiger charge is 2.23. The van der Waals surface area contributed by atoms with Gasteiger partial charge in [-0.3, -0.25) is 4.79 Å². The summed E-state index contributed by atoms with van der Waals surface area (Å²) in [4.78, 5) is 12.2. The Hall–Kier alpha value is -1.53. The van der Waals surface area contributed by atoms with E-state index in [4.69, 9.17) is 21.7 Å². The summed E-state index contributed by atoms with van der Waals surface area (Å²) in [6, 6.07) is 5.54. The summed E-state index contributed by atoms with van der Waals surface area (Å²) in [5, 5.41) is 2.58. The first kappa shape index (κ1) is 13.9. The van der Waals surface area contributed by atoms with Gasteiger partial charge in [-0.15, -0.1) is 0 Å². The van der Waals surface area contributed by atoms with E-state index in [1.165, 1.54) is 11.8 Å². The Kier molecular flexibility index (Phi) is 4.44. The number of carbonyl (C=O) groups excluding carboxylic acids is 1. The summed E-state index contributed by atoms with van der Waals surface area (Å²) in [6.45, 7) is 2.42. The molecule has 1 aliphatic rings. The van der Waals surface area contributed by atoms with Gasteiger partial charge in [0.15, 0.2) is 11.5 Å². The fourth-order valence-electron chi connectivity index (χ4n) is 1.67. The number of ether oxygens (including phenoxy) is 2. The average Bonchev–Trinajstić information content (AvgIpc) is 2.70. The van der Waals surface area contributed by atoms with Crippen LogP contribution in [0, 0.1) is 0 Å². The van der Waals surface area contributed by atoms with Crippen molar-refractivity contribution >= 4 is 40.3 Å². The molecule has 19 heavy (non-hydrogen) atoms. The second-order valence-corrected chi connectivity index (χ2v) is 5.38. The second kappa shape index (κ2) is 6.08. The van der Waals surface area contributed by atoms with Crippen LogP contribution in [0.1, 0.15) is 12.5 Å². The zero-order valence-corrected chi connectivity index (χ0v) is 12.2. The van der Waals surface area contributed by atoms with Crippen molar-refractivity contribution in [3.63, 3.8) is 0 Å². The van der Waals surface area contributed by atoms with Gasteiger partial charge in [-0.25, -0.2) is 0 Å². The highest BCUT2D eigenvalue weighted by molar-refractivity contribution is 8.26. The van der Waals surface area contributed by atoms with E-state index in [-0.39, 0.29) is 5.91 Å². The van der Waals surface area contributed by atoms with Gasteiger partial charge in [-0.05, 0) is 19.1 Å². The molecule has 1 aromatic rings. The standard InChI is InChI=1S/C13H13NO3S2/c1-3-17-11-8(5-4-6-9(11)16-2)7-10-12(15)14-13(18)19-10/h4-7H,3H2,1-2H3,(H,14,15,18)/b10-7+. The molecule has 1 heterocycles. The van der Waals surface area contributed by atoms with E-state index in [9.17, 15) is 4.79 Å². The number of para-hydroxylation sites is 1. The molecule has 1 aliphatic heterocycles. The molecule has 0 bridgehead atoms. The fraction of sp³-hybridized carbons (Fsp3) is 0.231. The number of amides is 1. The maximum atomic E-state index is 11.7. The number of thiocarbonyl (C=S) groups is 1. The van der Waals surface area contributed by atoms with E-state index in [1.807, 2.05) is 25.1 Å². The topological polar surface area (TPSA) is 47.6 Å². The van der Waals surface area contributed by atoms with Crippen molar-refractivity contribution in [3.05, 3.63) is 28.7 Å². The van der Waals surface area contributed by atoms with Crippen LogP contribution in [-0.2, 0) is 4.79 Å². The molecule has 100 valence electrons. The summed E-state index contributed by atoms with van der Waals surface area (Å²) in [7, 11) is 1.58. The Bertz CT molecular complexity index is 555. The van der Waals surface area contributed by atoms with Crippen LogP contribution in [0.3, 0.4) is 0 Å². The van der Waals surface area contributed by atoms with Crippen molar-refractivity contribution in [2.75, 3.05) is 13.7 Å². The Morgan fingerprint density at radius 3 is 2.84 bits per heavy atom. The summed E-state index contributed by atoms with van der Waals surface area (Å²) < 4.78 is 11.3. The lowest BCUT2D eigenvalue weighted by Gasteiger charge is -2.12. The van der Waals surface area contributed by atoms with Gasteiger partial charge in [-0.1, -0.05) is 36.1 Å². The number of nitrogens with one attached hydrogen (secondary N) is 1. The molecule has 0 spiro atoms. The number of methoxy groups -OCH3 is 1. The van der Waals surface area contributed by atoms with E-state index in [2.05, 4.69) is 5.32 Å². The molecule has 1 amide bonds. The summed E-state index contributed by atoms with van der Waals surface area (Å²) in [6.07, 6.45) is 1.76. The lowest BCUT2D eigenvalue weighted by molar-refractivity contribution is -0.115. The number of hydrogen-bond acceptors (Lipinski definition) is 5. The molecule has 6 heteroatoms. The monoisotopic (exact) mass is 295 g/mol. The number of benzene rings is 1. The van der Waals surface area contributed by atoms with Gasteiger partial charge in [0.25, 0.3) is 5.91 Å². The van der Waals surface area contributed by atoms with E-state index in [0.717, 1.165) is 5.56 Å². The molecule has 0 saturated carbocycles. The van der Waals surface area contributed by atoms with E-state index >= 15 is 0 Å². The predicted octanol–water partition coefficient (Wildman–Crippen LogP) is 2.58. The van der Waals surface area contributed by atoms with Crippen LogP contribution >= 0.6 is 24.0 Å². The molecular weight excluding hydrogens is 282 g/mol. The molecule has 4 nitrogen and oxygen atoms in total. The van der Waals surface area contributed by atoms with E-state index in [0.29, 0.717) is 27.3 Å². The molecule has 0 aromatic heterocycles. The van der Waals surface area contributed by atoms with Gasteiger partial charge in [0, 0.05) is 5.56 Å². The van der Waals surface area contributed by atoms with Gasteiger partial charge < -0.3 is 14.8 Å². The van der Waals surface area contributed by atoms with Crippen LogP contribution < -0.4 is 14.8 Å². The molecule has 0 atom stereocenters. The smallest absolute Gasteiger partial charge is 0.263 e. The maximum Gasteiger partial charge on any atom is 0.263 e. The van der Waals surface area contributed by atoms with Crippen molar-refractivity contribution in [2.24, 2.45) is 0 Å². The van der Waals surface area contributed by atoms with E-state index in [1.54, 1.807) is 13.2 Å². The van der Waals surface area contributed by atoms with Gasteiger partial charge in [0.2, 0.25) is 0 Å². The van der Waals surface area contributed by atoms with Crippen molar-refractivity contribution in [1.29, 1.82) is 0 Å². The first-order valence-corrected chi connectivity index (χ1v) is 6.92. The van der Waals surface area contributed by atoms with Crippen LogP contribution in [0.4, 0.5) is 0 Å². The average molecular weight is 295 g/mol. The minimum atomic E-state index is -0.180. The predicted molar refractivity (Wildman–Crippen MR) is 80.5 cm³/mol. The van der Waals surface area contributed by atoms with Gasteiger partial charge in [-0.2, -0.15) is 0 Å². The molecule has 0 radical (unpaired) electrons. The third-order valence-corrected chi connectivity index (χ3v) is 3.61. The lowest BCUT2D eigenvalue weighted by atomic mass is 10.1. The van der Waals surface area contributed by atoms with Crippen molar-refractivity contribution < 1.29 is 14.3 Å². The lowest BCUT2D eigenvalue weighted by Crippen LogP contribution is -2.17. The minimum Gasteiger partial charge on any atom is -0.493 e. The van der Waals surface area contributed by atoms with Crippen LogP contribution in [0.2, 0.25) is 0 Å². The molecule has 0 unspecified atom stereocenters. The van der Waals surface area contributed by atoms with Crippen LogP contribution in [-0.4, -0.2) is 23.9 Å². The highest BCUT2D eigenvalue weighted by Crippen LogP contribution is 2.35. The van der Waals surface area contributed by atoms with Crippen LogP contribution in [0.25, 0.3) is 6.08 Å². The minimum absolute atomic E-state index is 0.180. The third kappa shape index (κ3) is 3.08. The maximum absolute atomic E-state index is 11.7. The Balaban J connectivity index is 2.42. The van der Waals surface area contributed by atoms with E-state index < -0.39 is 0 Å². The third-order valence-electron chi connectivity index (χ3n) is 2.45. The van der Waals surface area contributed by atoms with Crippen LogP contribution in [0.5, 0.6) is 11.5 Å². The fourth-order valence-corrected chi connectivity index (χ4v) is 2.70. The molecule has 1 saturated heterocycles. The quantitative estimate of drug-likeness (QED) is 0.683. The molecule has 0 aliphatic carbocycles. The van der Waals surface area contributed by atoms with Crippen molar-refractivity contribution in [1.82, 2.24) is 5.32 Å². The molecule has 1 fully saturated rings. The van der Waals surface area contributed by atoms with Gasteiger partial charge >= 0.3 is 0 Å². The number of carbonyl (C=O) groups is 1. The normalized spacial score (nSPS) is 16.6. The zero-order chi connectivity index (χ0) is 13.8. The van der Waals surface area contributed by atoms with Gasteiger partial charge in [0.05, 0.1) is 18.6 Å². The van der Waals surface area contributed by atoms with Gasteiger partial charge in [0.1, 0.15) is 4.32 Å². The first-order chi connectivity index (χ1) is 9.15. The molecule has 2 rings (SSSR count). The Morgan fingerprint density at radius 1 is 1.47 bits per heavy atom. The summed E-state index contributed by atoms with van der Waals surface area (Å²) in [5.74, 6) is 1.09.